The van der Waals surface area contributed by atoms with Gasteiger partial charge in [-0.2, -0.15) is 4.31 Å². The number of hydrogen-bond acceptors (Lipinski definition) is 6. The van der Waals surface area contributed by atoms with E-state index < -0.39 is 43.7 Å². The third-order valence-electron chi connectivity index (χ3n) is 5.40. The van der Waals surface area contributed by atoms with E-state index in [0.717, 1.165) is 15.4 Å². The molecule has 2 N–H and O–H groups in total. The molecule has 1 aliphatic rings. The first-order valence-corrected chi connectivity index (χ1v) is 12.4. The van der Waals surface area contributed by atoms with Crippen LogP contribution in [0.25, 0.3) is 10.8 Å². The first-order chi connectivity index (χ1) is 14.0. The number of carboxylic acids is 1. The number of benzene rings is 2. The summed E-state index contributed by atoms with van der Waals surface area (Å²) in [6.45, 7) is -0.0625. The zero-order valence-corrected chi connectivity index (χ0v) is 18.6. The molecule has 0 radical (unpaired) electrons. The predicted molar refractivity (Wildman–Crippen MR) is 115 cm³/mol. The van der Waals surface area contributed by atoms with Gasteiger partial charge in [0.1, 0.15) is 6.04 Å². The van der Waals surface area contributed by atoms with E-state index in [4.69, 9.17) is 0 Å². The fourth-order valence-corrected chi connectivity index (χ4v) is 6.91. The summed E-state index contributed by atoms with van der Waals surface area (Å²) in [5, 5.41) is 10.9. The molecule has 0 aromatic heterocycles. The third-order valence-corrected chi connectivity index (χ3v) is 8.83. The van der Waals surface area contributed by atoms with E-state index >= 15 is 0 Å². The molecule has 164 valence electrons. The molecule has 0 bridgehead atoms. The number of nitrogens with zero attached hydrogens (tertiary/aromatic N) is 2. The zero-order chi connectivity index (χ0) is 22.3. The molecule has 11 heteroatoms. The van der Waals surface area contributed by atoms with E-state index in [1.807, 2.05) is 31.1 Å². The van der Waals surface area contributed by atoms with E-state index in [9.17, 15) is 26.7 Å². The quantitative estimate of drug-likeness (QED) is 0.636. The van der Waals surface area contributed by atoms with Gasteiger partial charge in [0.15, 0.2) is 0 Å². The Morgan fingerprint density at radius 2 is 1.77 bits per heavy atom. The average molecular weight is 456 g/mol. The topological polar surface area (TPSA) is 124 Å². The van der Waals surface area contributed by atoms with Crippen LogP contribution in [0.3, 0.4) is 0 Å². The second kappa shape index (κ2) is 8.14. The first kappa shape index (κ1) is 22.5. The van der Waals surface area contributed by atoms with Crippen molar-refractivity contribution in [2.24, 2.45) is 5.92 Å². The molecular weight excluding hydrogens is 430 g/mol. The Morgan fingerprint density at radius 3 is 2.37 bits per heavy atom. The normalized spacial score (nSPS) is 20.5. The number of carbonyl (C=O) groups is 1. The van der Waals surface area contributed by atoms with Crippen molar-refractivity contribution in [2.45, 2.75) is 17.4 Å². The molecule has 2 aromatic rings. The van der Waals surface area contributed by atoms with Crippen LogP contribution in [0.2, 0.25) is 0 Å². The Balaban J connectivity index is 2.09. The third kappa shape index (κ3) is 4.02. The van der Waals surface area contributed by atoms with Gasteiger partial charge in [0, 0.05) is 43.0 Å². The molecule has 1 saturated heterocycles. The molecule has 2 aromatic carbocycles. The Morgan fingerprint density at radius 1 is 1.13 bits per heavy atom. The molecule has 2 atom stereocenters. The maximum atomic E-state index is 13.5. The van der Waals surface area contributed by atoms with Crippen LogP contribution in [0.1, 0.15) is 6.42 Å². The maximum Gasteiger partial charge on any atom is 0.322 e. The largest absolute Gasteiger partial charge is 0.480 e. The lowest BCUT2D eigenvalue weighted by Gasteiger charge is -2.25. The van der Waals surface area contributed by atoms with Gasteiger partial charge in [-0.25, -0.2) is 21.6 Å². The zero-order valence-electron chi connectivity index (χ0n) is 16.9. The van der Waals surface area contributed by atoms with Crippen LogP contribution in [-0.4, -0.2) is 71.7 Å². The second-order valence-corrected chi connectivity index (χ2v) is 11.3. The van der Waals surface area contributed by atoms with Gasteiger partial charge in [-0.1, -0.05) is 24.3 Å². The highest BCUT2D eigenvalue weighted by molar-refractivity contribution is 7.89. The Hall–Kier alpha value is -2.21. The molecule has 3 rings (SSSR count). The minimum atomic E-state index is -4.18. The molecule has 1 aliphatic heterocycles. The molecule has 9 nitrogen and oxygen atoms in total. The van der Waals surface area contributed by atoms with Gasteiger partial charge < -0.3 is 10.0 Å². The lowest BCUT2D eigenvalue weighted by atomic mass is 10.0. The minimum Gasteiger partial charge on any atom is -0.480 e. The number of carboxylic acid groups (broad SMARTS) is 1. The summed E-state index contributed by atoms with van der Waals surface area (Å²) in [6.07, 6.45) is 0.144. The summed E-state index contributed by atoms with van der Waals surface area (Å²) < 4.78 is 54.0. The minimum absolute atomic E-state index is 0.00655. The summed E-state index contributed by atoms with van der Waals surface area (Å²) in [5.74, 6) is -2.66. The maximum absolute atomic E-state index is 13.5. The molecule has 1 fully saturated rings. The number of hydrogen-bond donors (Lipinski definition) is 2. The molecule has 0 spiro atoms. The van der Waals surface area contributed by atoms with Gasteiger partial charge in [-0.15, -0.1) is 0 Å². The Bertz CT molecular complexity index is 1180. The molecular formula is C19H25N3O6S2. The van der Waals surface area contributed by atoms with Crippen molar-refractivity contribution in [1.29, 1.82) is 0 Å². The van der Waals surface area contributed by atoms with Gasteiger partial charge in [0.05, 0.1) is 10.6 Å². The van der Waals surface area contributed by atoms with Crippen molar-refractivity contribution in [3.8, 4) is 0 Å². The summed E-state index contributed by atoms with van der Waals surface area (Å²) in [6, 6.07) is 8.73. The Labute approximate surface area is 176 Å². The van der Waals surface area contributed by atoms with Crippen molar-refractivity contribution in [1.82, 2.24) is 9.03 Å². The van der Waals surface area contributed by atoms with Gasteiger partial charge >= 0.3 is 5.97 Å². The fraction of sp³-hybridized carbons (Fsp3) is 0.421. The van der Waals surface area contributed by atoms with Crippen LogP contribution in [0.15, 0.2) is 41.3 Å². The average Bonchev–Trinajstić information content (AvgIpc) is 3.10. The van der Waals surface area contributed by atoms with Gasteiger partial charge in [0.2, 0.25) is 20.0 Å². The number of aliphatic carboxylic acids is 1. The van der Waals surface area contributed by atoms with E-state index in [1.54, 1.807) is 18.2 Å². The molecule has 0 saturated carbocycles. The number of sulfonamides is 2. The van der Waals surface area contributed by atoms with Crippen molar-refractivity contribution < 1.29 is 26.7 Å². The summed E-state index contributed by atoms with van der Waals surface area (Å²) in [7, 11) is -2.93. The van der Waals surface area contributed by atoms with Crippen LogP contribution < -0.4 is 9.62 Å². The van der Waals surface area contributed by atoms with Crippen LogP contribution in [-0.2, 0) is 24.8 Å². The molecule has 30 heavy (non-hydrogen) atoms. The molecule has 2 unspecified atom stereocenters. The highest BCUT2D eigenvalue weighted by Gasteiger charge is 2.47. The van der Waals surface area contributed by atoms with Gasteiger partial charge in [-0.05, 0) is 25.6 Å². The summed E-state index contributed by atoms with van der Waals surface area (Å²) >= 11 is 0. The second-order valence-electron chi connectivity index (χ2n) is 7.46. The molecule has 1 heterocycles. The van der Waals surface area contributed by atoms with Crippen molar-refractivity contribution in [3.05, 3.63) is 36.4 Å². The lowest BCUT2D eigenvalue weighted by Crippen LogP contribution is -2.45. The Kier molecular flexibility index (Phi) is 6.10. The van der Waals surface area contributed by atoms with Crippen LogP contribution >= 0.6 is 0 Å². The number of fused-ring (bicyclic) bond motifs is 1. The molecule has 0 aliphatic carbocycles. The van der Waals surface area contributed by atoms with Gasteiger partial charge in [0.25, 0.3) is 0 Å². The lowest BCUT2D eigenvalue weighted by molar-refractivity contribution is -0.141. The number of nitrogens with one attached hydrogen (secondary N) is 1. The SMILES string of the molecule is CNS(=O)(=O)CC1CCN(S(=O)(=O)c2cccc3c(N(C)C)cccc23)C1C(=O)O. The first-order valence-electron chi connectivity index (χ1n) is 9.34. The van der Waals surface area contributed by atoms with E-state index in [1.165, 1.54) is 13.1 Å². The number of rotatable bonds is 7. The standard InChI is InChI=1S/C19H25N3O6S2/c1-20-29(25,26)12-13-10-11-22(18(13)19(23)24)30(27,28)17-9-5-6-14-15(17)7-4-8-16(14)21(2)3/h4-9,13,18,20H,10-12H2,1-3H3,(H,23,24). The highest BCUT2D eigenvalue weighted by atomic mass is 32.2. The number of anilines is 1. The molecule has 0 amide bonds. The predicted octanol–water partition coefficient (Wildman–Crippen LogP) is 0.919. The smallest absolute Gasteiger partial charge is 0.322 e. The van der Waals surface area contributed by atoms with Crippen LogP contribution in [0.5, 0.6) is 0 Å². The highest BCUT2D eigenvalue weighted by Crippen LogP contribution is 2.36. The van der Waals surface area contributed by atoms with Crippen molar-refractivity contribution in [2.75, 3.05) is 38.3 Å². The van der Waals surface area contributed by atoms with Crippen molar-refractivity contribution in [3.63, 3.8) is 0 Å². The van der Waals surface area contributed by atoms with Gasteiger partial charge in [-0.3, -0.25) is 4.79 Å². The summed E-state index contributed by atoms with van der Waals surface area (Å²) in [4.78, 5) is 13.8. The van der Waals surface area contributed by atoms with E-state index in [0.29, 0.717) is 5.39 Å². The van der Waals surface area contributed by atoms with Crippen LogP contribution in [0.4, 0.5) is 5.69 Å². The summed E-state index contributed by atoms with van der Waals surface area (Å²) in [5.41, 5.74) is 0.832. The van der Waals surface area contributed by atoms with Crippen LogP contribution in [0, 0.1) is 5.92 Å². The monoisotopic (exact) mass is 455 g/mol. The fourth-order valence-electron chi connectivity index (χ4n) is 3.97. The van der Waals surface area contributed by atoms with E-state index in [2.05, 4.69) is 4.72 Å². The van der Waals surface area contributed by atoms with E-state index in [-0.39, 0.29) is 17.9 Å². The van der Waals surface area contributed by atoms with Crippen molar-refractivity contribution >= 4 is 42.5 Å².